The number of nitrogens with one attached hydrogen (secondary N) is 1. The van der Waals surface area contributed by atoms with Crippen molar-refractivity contribution in [2.24, 2.45) is 5.92 Å². The van der Waals surface area contributed by atoms with E-state index in [4.69, 9.17) is 0 Å². The van der Waals surface area contributed by atoms with Crippen LogP contribution < -0.4 is 5.32 Å². The van der Waals surface area contributed by atoms with Gasteiger partial charge in [-0.25, -0.2) is 0 Å². The molecule has 0 saturated heterocycles. The Balaban J connectivity index is 3.95. The largest absolute Gasteiger partial charge is 0.388 e. The zero-order valence-electron chi connectivity index (χ0n) is 11.6. The van der Waals surface area contributed by atoms with E-state index in [2.05, 4.69) is 49.7 Å². The van der Waals surface area contributed by atoms with Crippen molar-refractivity contribution >= 4 is 0 Å². The summed E-state index contributed by atoms with van der Waals surface area (Å²) in [7, 11) is 0. The Hall–Kier alpha value is -1.44. The average molecular weight is 234 g/mol. The van der Waals surface area contributed by atoms with Crippen molar-refractivity contribution in [2.75, 3.05) is 13.1 Å². The van der Waals surface area contributed by atoms with Crippen LogP contribution in [-0.2, 0) is 0 Å². The summed E-state index contributed by atoms with van der Waals surface area (Å²) in [4.78, 5) is 2.11. The lowest BCUT2D eigenvalue weighted by atomic mass is 10.2. The van der Waals surface area contributed by atoms with Gasteiger partial charge in [0.25, 0.3) is 0 Å². The van der Waals surface area contributed by atoms with Gasteiger partial charge in [0.15, 0.2) is 0 Å². The molecule has 0 bridgehead atoms. The van der Waals surface area contributed by atoms with E-state index in [1.54, 1.807) is 0 Å². The fourth-order valence-electron chi connectivity index (χ4n) is 1.27. The van der Waals surface area contributed by atoms with Crippen molar-refractivity contribution in [3.63, 3.8) is 0 Å². The van der Waals surface area contributed by atoms with Crippen LogP contribution in [0.15, 0.2) is 49.0 Å². The van der Waals surface area contributed by atoms with Crippen molar-refractivity contribution in [1.29, 1.82) is 0 Å². The number of nitrogens with zero attached hydrogens (tertiary/aromatic N) is 1. The van der Waals surface area contributed by atoms with E-state index in [1.807, 2.05) is 31.5 Å². The van der Waals surface area contributed by atoms with Gasteiger partial charge >= 0.3 is 0 Å². The van der Waals surface area contributed by atoms with Crippen molar-refractivity contribution in [3.05, 3.63) is 49.0 Å². The van der Waals surface area contributed by atoms with Crippen LogP contribution in [0.25, 0.3) is 0 Å². The molecule has 2 nitrogen and oxygen atoms in total. The Kier molecular flexibility index (Phi) is 8.94. The molecule has 96 valence electrons. The summed E-state index contributed by atoms with van der Waals surface area (Å²) in [6, 6.07) is 0. The molecule has 2 heteroatoms. The standard InChI is InChI=1S/C15H26N2/c1-6-13-17(7-2)15(5)9-8-11-16-12-10-14(3)4/h6,8-10,12-14,16H,5,7,11H2,1-4H3/b9-8-,12-10-,13-6-. The predicted molar refractivity (Wildman–Crippen MR) is 77.5 cm³/mol. The Morgan fingerprint density at radius 2 is 2.12 bits per heavy atom. The third kappa shape index (κ3) is 8.38. The summed E-state index contributed by atoms with van der Waals surface area (Å²) in [5.41, 5.74) is 1.01. The second-order valence-corrected chi connectivity index (χ2v) is 4.17. The van der Waals surface area contributed by atoms with Crippen molar-refractivity contribution < 1.29 is 0 Å². The highest BCUT2D eigenvalue weighted by molar-refractivity contribution is 5.16. The summed E-state index contributed by atoms with van der Waals surface area (Å²) < 4.78 is 0. The first-order valence-corrected chi connectivity index (χ1v) is 6.26. The van der Waals surface area contributed by atoms with Gasteiger partial charge in [-0.15, -0.1) is 0 Å². The minimum Gasteiger partial charge on any atom is -0.388 e. The lowest BCUT2D eigenvalue weighted by Gasteiger charge is -2.17. The topological polar surface area (TPSA) is 15.3 Å². The molecular formula is C15H26N2. The third-order valence-corrected chi connectivity index (χ3v) is 2.18. The molecule has 0 rings (SSSR count). The van der Waals surface area contributed by atoms with Crippen LogP contribution in [0, 0.1) is 5.92 Å². The van der Waals surface area contributed by atoms with Crippen molar-refractivity contribution in [1.82, 2.24) is 10.2 Å². The lowest BCUT2D eigenvalue weighted by Crippen LogP contribution is -2.14. The third-order valence-electron chi connectivity index (χ3n) is 2.18. The van der Waals surface area contributed by atoms with Gasteiger partial charge < -0.3 is 10.2 Å². The van der Waals surface area contributed by atoms with Gasteiger partial charge in [0.1, 0.15) is 0 Å². The van der Waals surface area contributed by atoms with E-state index in [0.29, 0.717) is 5.92 Å². The van der Waals surface area contributed by atoms with Crippen LogP contribution in [0.4, 0.5) is 0 Å². The molecule has 0 aromatic carbocycles. The maximum atomic E-state index is 4.03. The zero-order valence-corrected chi connectivity index (χ0v) is 11.6. The molecule has 0 fully saturated rings. The van der Waals surface area contributed by atoms with E-state index in [0.717, 1.165) is 18.8 Å². The summed E-state index contributed by atoms with van der Waals surface area (Å²) in [5.74, 6) is 0.590. The zero-order chi connectivity index (χ0) is 13.1. The SMILES string of the molecule is C=C(/C=C\CN/C=C\C(C)C)N(/C=C\C)CC. The van der Waals surface area contributed by atoms with Crippen LogP contribution in [-0.4, -0.2) is 18.0 Å². The molecule has 0 aromatic rings. The second-order valence-electron chi connectivity index (χ2n) is 4.17. The smallest absolute Gasteiger partial charge is 0.0330 e. The maximum absolute atomic E-state index is 4.03. The molecule has 0 aliphatic carbocycles. The predicted octanol–water partition coefficient (Wildman–Crippen LogP) is 3.67. The number of likely N-dealkylation sites (N-methyl/N-ethyl adjacent to an activating group) is 1. The van der Waals surface area contributed by atoms with Crippen molar-refractivity contribution in [3.8, 4) is 0 Å². The molecule has 0 amide bonds. The highest BCUT2D eigenvalue weighted by Crippen LogP contribution is 2.03. The molecule has 1 N–H and O–H groups in total. The summed E-state index contributed by atoms with van der Waals surface area (Å²) in [6.45, 7) is 14.2. The van der Waals surface area contributed by atoms with E-state index in [9.17, 15) is 0 Å². The second kappa shape index (κ2) is 9.76. The van der Waals surface area contributed by atoms with Crippen LogP contribution in [0.1, 0.15) is 27.7 Å². The molecule has 0 radical (unpaired) electrons. The molecule has 0 spiro atoms. The Bertz CT molecular complexity index is 285. The van der Waals surface area contributed by atoms with E-state index >= 15 is 0 Å². The van der Waals surface area contributed by atoms with Gasteiger partial charge in [-0.1, -0.05) is 38.7 Å². The van der Waals surface area contributed by atoms with E-state index in [-0.39, 0.29) is 0 Å². The minimum atomic E-state index is 0.590. The summed E-state index contributed by atoms with van der Waals surface area (Å²) in [5, 5.41) is 3.22. The van der Waals surface area contributed by atoms with Gasteiger partial charge in [-0.3, -0.25) is 0 Å². The number of hydrogen-bond donors (Lipinski definition) is 1. The van der Waals surface area contributed by atoms with E-state index in [1.165, 1.54) is 0 Å². The van der Waals surface area contributed by atoms with Crippen LogP contribution in [0.2, 0.25) is 0 Å². The normalized spacial score (nSPS) is 12.1. The molecule has 0 heterocycles. The lowest BCUT2D eigenvalue weighted by molar-refractivity contribution is 0.508. The Labute approximate surface area is 106 Å². The fourth-order valence-corrected chi connectivity index (χ4v) is 1.27. The fraction of sp³-hybridized carbons (Fsp3) is 0.467. The molecule has 0 unspecified atom stereocenters. The molecule has 17 heavy (non-hydrogen) atoms. The first kappa shape index (κ1) is 15.6. The van der Waals surface area contributed by atoms with Crippen LogP contribution >= 0.6 is 0 Å². The maximum Gasteiger partial charge on any atom is 0.0330 e. The van der Waals surface area contributed by atoms with Gasteiger partial charge in [0.2, 0.25) is 0 Å². The van der Waals surface area contributed by atoms with Crippen LogP contribution in [0.5, 0.6) is 0 Å². The van der Waals surface area contributed by atoms with Gasteiger partial charge in [0, 0.05) is 18.8 Å². The van der Waals surface area contributed by atoms with Gasteiger partial charge in [-0.2, -0.15) is 0 Å². The molecular weight excluding hydrogens is 208 g/mol. The van der Waals surface area contributed by atoms with E-state index < -0.39 is 0 Å². The molecule has 0 aliphatic heterocycles. The quantitative estimate of drug-likeness (QED) is 0.509. The minimum absolute atomic E-state index is 0.590. The number of rotatable bonds is 8. The average Bonchev–Trinajstić information content (AvgIpc) is 2.29. The molecule has 0 aromatic heterocycles. The van der Waals surface area contributed by atoms with Crippen molar-refractivity contribution in [2.45, 2.75) is 27.7 Å². The molecule has 0 saturated carbocycles. The highest BCUT2D eigenvalue weighted by atomic mass is 15.1. The van der Waals surface area contributed by atoms with Crippen LogP contribution in [0.3, 0.4) is 0 Å². The monoisotopic (exact) mass is 234 g/mol. The highest BCUT2D eigenvalue weighted by Gasteiger charge is 1.95. The first-order valence-electron chi connectivity index (χ1n) is 6.26. The Morgan fingerprint density at radius 1 is 1.41 bits per heavy atom. The van der Waals surface area contributed by atoms with Gasteiger partial charge in [-0.05, 0) is 38.2 Å². The molecule has 0 atom stereocenters. The number of hydrogen-bond acceptors (Lipinski definition) is 2. The molecule has 0 aliphatic rings. The summed E-state index contributed by atoms with van der Waals surface area (Å²) in [6.07, 6.45) is 12.3. The number of allylic oxidation sites excluding steroid dienone is 3. The first-order chi connectivity index (χ1) is 8.11. The summed E-state index contributed by atoms with van der Waals surface area (Å²) >= 11 is 0. The van der Waals surface area contributed by atoms with Gasteiger partial charge in [0.05, 0.1) is 0 Å². The Morgan fingerprint density at radius 3 is 2.65 bits per heavy atom.